The summed E-state index contributed by atoms with van der Waals surface area (Å²) in [5.41, 5.74) is 1.32. The zero-order chi connectivity index (χ0) is 14.4. The summed E-state index contributed by atoms with van der Waals surface area (Å²) >= 11 is 0. The standard InChI is InChI=1S/C16H12N2O2/c17-11-13(10-12-4-2-1-3-5-12)16(20)18-14-6-8-15(19)9-7-14/h1-10,19H,(H,18,20)/b13-10+. The molecule has 1 amide bonds. The maximum Gasteiger partial charge on any atom is 0.266 e. The lowest BCUT2D eigenvalue weighted by Gasteiger charge is -2.04. The Hall–Kier alpha value is -3.06. The molecule has 0 aliphatic carbocycles. The highest BCUT2D eigenvalue weighted by Gasteiger charge is 2.09. The summed E-state index contributed by atoms with van der Waals surface area (Å²) in [5.74, 6) is -0.370. The average Bonchev–Trinajstić information content (AvgIpc) is 2.48. The van der Waals surface area contributed by atoms with Crippen molar-refractivity contribution in [3.8, 4) is 11.8 Å². The number of carbonyl (C=O) groups is 1. The topological polar surface area (TPSA) is 73.1 Å². The summed E-state index contributed by atoms with van der Waals surface area (Å²) in [6, 6.07) is 17.1. The van der Waals surface area contributed by atoms with Crippen LogP contribution in [0.15, 0.2) is 60.2 Å². The number of nitrogens with zero attached hydrogens (tertiary/aromatic N) is 1. The Morgan fingerprint density at radius 3 is 2.35 bits per heavy atom. The van der Waals surface area contributed by atoms with Crippen LogP contribution in [0.4, 0.5) is 5.69 Å². The van der Waals surface area contributed by atoms with Gasteiger partial charge in [-0.25, -0.2) is 0 Å². The molecule has 0 spiro atoms. The van der Waals surface area contributed by atoms with Gasteiger partial charge in [0.05, 0.1) is 0 Å². The predicted octanol–water partition coefficient (Wildman–Crippen LogP) is 2.94. The summed E-state index contributed by atoms with van der Waals surface area (Å²) in [6.07, 6.45) is 1.52. The number of nitrogens with one attached hydrogen (secondary N) is 1. The molecule has 2 aromatic rings. The third kappa shape index (κ3) is 3.47. The minimum atomic E-state index is -0.484. The lowest BCUT2D eigenvalue weighted by Crippen LogP contribution is -2.13. The number of benzene rings is 2. The van der Waals surface area contributed by atoms with Crippen molar-refractivity contribution in [2.24, 2.45) is 0 Å². The molecule has 0 aromatic heterocycles. The number of phenolic OH excluding ortho intramolecular Hbond substituents is 1. The van der Waals surface area contributed by atoms with Gasteiger partial charge in [-0.2, -0.15) is 5.26 Å². The van der Waals surface area contributed by atoms with Crippen LogP contribution in [0.2, 0.25) is 0 Å². The molecule has 0 bridgehead atoms. The number of hydrogen-bond donors (Lipinski definition) is 2. The van der Waals surface area contributed by atoms with Gasteiger partial charge in [0.25, 0.3) is 5.91 Å². The lowest BCUT2D eigenvalue weighted by molar-refractivity contribution is -0.112. The van der Waals surface area contributed by atoms with E-state index >= 15 is 0 Å². The minimum absolute atomic E-state index is 0.0178. The number of carbonyl (C=O) groups excluding carboxylic acids is 1. The van der Waals surface area contributed by atoms with Crippen molar-refractivity contribution in [2.45, 2.75) is 0 Å². The van der Waals surface area contributed by atoms with E-state index < -0.39 is 5.91 Å². The fourth-order valence-corrected chi connectivity index (χ4v) is 1.61. The Morgan fingerprint density at radius 2 is 1.75 bits per heavy atom. The van der Waals surface area contributed by atoms with Gasteiger partial charge in [-0.1, -0.05) is 30.3 Å². The normalized spacial score (nSPS) is 10.7. The van der Waals surface area contributed by atoms with Crippen molar-refractivity contribution in [3.63, 3.8) is 0 Å². The Morgan fingerprint density at radius 1 is 1.10 bits per heavy atom. The van der Waals surface area contributed by atoms with Gasteiger partial charge < -0.3 is 10.4 Å². The molecular weight excluding hydrogens is 252 g/mol. The van der Waals surface area contributed by atoms with Crippen LogP contribution in [0.5, 0.6) is 5.75 Å². The molecule has 0 radical (unpaired) electrons. The quantitative estimate of drug-likeness (QED) is 0.508. The van der Waals surface area contributed by atoms with Gasteiger partial charge in [0.15, 0.2) is 0 Å². The second kappa shape index (κ2) is 6.21. The van der Waals surface area contributed by atoms with Crippen molar-refractivity contribution in [2.75, 3.05) is 5.32 Å². The van der Waals surface area contributed by atoms with E-state index in [9.17, 15) is 4.79 Å². The smallest absolute Gasteiger partial charge is 0.266 e. The first kappa shape index (κ1) is 13.4. The Kier molecular flexibility index (Phi) is 4.15. The van der Waals surface area contributed by atoms with Crippen LogP contribution in [-0.4, -0.2) is 11.0 Å². The summed E-state index contributed by atoms with van der Waals surface area (Å²) < 4.78 is 0. The first-order valence-corrected chi connectivity index (χ1v) is 5.96. The molecule has 4 heteroatoms. The Bertz CT molecular complexity index is 668. The van der Waals surface area contributed by atoms with Crippen molar-refractivity contribution in [3.05, 3.63) is 65.7 Å². The third-order valence-electron chi connectivity index (χ3n) is 2.60. The highest BCUT2D eigenvalue weighted by atomic mass is 16.3. The summed E-state index contributed by atoms with van der Waals surface area (Å²) in [5, 5.41) is 20.8. The van der Waals surface area contributed by atoms with Gasteiger partial charge in [-0.3, -0.25) is 4.79 Å². The lowest BCUT2D eigenvalue weighted by atomic mass is 10.1. The van der Waals surface area contributed by atoms with Crippen LogP contribution in [0, 0.1) is 11.3 Å². The molecule has 2 aromatic carbocycles. The van der Waals surface area contributed by atoms with Crippen LogP contribution in [0.3, 0.4) is 0 Å². The van der Waals surface area contributed by atoms with Crippen LogP contribution >= 0.6 is 0 Å². The maximum atomic E-state index is 12.0. The number of anilines is 1. The highest BCUT2D eigenvalue weighted by molar-refractivity contribution is 6.09. The van der Waals surface area contributed by atoms with Gasteiger partial charge in [0.1, 0.15) is 17.4 Å². The van der Waals surface area contributed by atoms with Crippen LogP contribution < -0.4 is 5.32 Å². The molecule has 0 aliphatic heterocycles. The van der Waals surface area contributed by atoms with E-state index in [4.69, 9.17) is 10.4 Å². The zero-order valence-corrected chi connectivity index (χ0v) is 10.6. The largest absolute Gasteiger partial charge is 0.508 e. The molecule has 0 atom stereocenters. The van der Waals surface area contributed by atoms with Crippen LogP contribution in [0.1, 0.15) is 5.56 Å². The Balaban J connectivity index is 2.16. The first-order valence-electron chi connectivity index (χ1n) is 5.96. The van der Waals surface area contributed by atoms with Crippen molar-refractivity contribution < 1.29 is 9.90 Å². The molecule has 2 rings (SSSR count). The third-order valence-corrected chi connectivity index (χ3v) is 2.60. The maximum absolute atomic E-state index is 12.0. The first-order chi connectivity index (χ1) is 9.69. The van der Waals surface area contributed by atoms with Gasteiger partial charge in [0.2, 0.25) is 0 Å². The predicted molar refractivity (Wildman–Crippen MR) is 76.8 cm³/mol. The average molecular weight is 264 g/mol. The molecule has 0 aliphatic rings. The fourth-order valence-electron chi connectivity index (χ4n) is 1.61. The molecule has 98 valence electrons. The molecule has 20 heavy (non-hydrogen) atoms. The van der Waals surface area contributed by atoms with E-state index in [0.29, 0.717) is 5.69 Å². The molecule has 0 unspecified atom stereocenters. The number of nitriles is 1. The number of amides is 1. The van der Waals surface area contributed by atoms with E-state index in [1.807, 2.05) is 36.4 Å². The van der Waals surface area contributed by atoms with Gasteiger partial charge in [-0.05, 0) is 35.9 Å². The van der Waals surface area contributed by atoms with Crippen LogP contribution in [0.25, 0.3) is 6.08 Å². The zero-order valence-electron chi connectivity index (χ0n) is 10.6. The van der Waals surface area contributed by atoms with E-state index in [0.717, 1.165) is 5.56 Å². The number of phenols is 1. The van der Waals surface area contributed by atoms with E-state index in [2.05, 4.69) is 5.32 Å². The molecule has 0 saturated carbocycles. The van der Waals surface area contributed by atoms with Crippen molar-refractivity contribution in [1.29, 1.82) is 5.26 Å². The number of hydrogen-bond acceptors (Lipinski definition) is 3. The fraction of sp³-hybridized carbons (Fsp3) is 0. The van der Waals surface area contributed by atoms with Crippen LogP contribution in [-0.2, 0) is 4.79 Å². The van der Waals surface area contributed by atoms with Crippen molar-refractivity contribution in [1.82, 2.24) is 0 Å². The molecule has 0 fully saturated rings. The molecule has 0 saturated heterocycles. The van der Waals surface area contributed by atoms with Gasteiger partial charge in [-0.15, -0.1) is 0 Å². The summed E-state index contributed by atoms with van der Waals surface area (Å²) in [6.45, 7) is 0. The number of aromatic hydroxyl groups is 1. The van der Waals surface area contributed by atoms with E-state index in [-0.39, 0.29) is 11.3 Å². The second-order valence-corrected chi connectivity index (χ2v) is 4.08. The minimum Gasteiger partial charge on any atom is -0.508 e. The summed E-state index contributed by atoms with van der Waals surface area (Å²) in [7, 11) is 0. The molecule has 4 nitrogen and oxygen atoms in total. The molecule has 2 N–H and O–H groups in total. The molecular formula is C16H12N2O2. The Labute approximate surface area is 116 Å². The summed E-state index contributed by atoms with van der Waals surface area (Å²) in [4.78, 5) is 12.0. The monoisotopic (exact) mass is 264 g/mol. The molecule has 0 heterocycles. The van der Waals surface area contributed by atoms with Gasteiger partial charge in [0, 0.05) is 5.69 Å². The second-order valence-electron chi connectivity index (χ2n) is 4.08. The highest BCUT2D eigenvalue weighted by Crippen LogP contribution is 2.15. The number of rotatable bonds is 3. The SMILES string of the molecule is N#C/C(=C\c1ccccc1)C(=O)Nc1ccc(O)cc1. The van der Waals surface area contributed by atoms with Gasteiger partial charge >= 0.3 is 0 Å². The van der Waals surface area contributed by atoms with E-state index in [1.54, 1.807) is 12.1 Å². The van der Waals surface area contributed by atoms with Crippen molar-refractivity contribution >= 4 is 17.7 Å². The van der Waals surface area contributed by atoms with E-state index in [1.165, 1.54) is 18.2 Å².